The second-order valence-electron chi connectivity index (χ2n) is 10.0. The standard InChI is InChI=1S/C27H43ClN2O4/c1-2-3-4-5-6-7-8-9-10-11-14-30-15-12-20(13-16-30)17-21-18-22(28)24(29)26-25(21)33-19-23(34-26)27(31)32/h18,20,23H,2-17,19,29H2,1H3,(H,31,32). The zero-order valence-corrected chi connectivity index (χ0v) is 21.6. The number of carboxylic acid groups (broad SMARTS) is 1. The van der Waals surface area contributed by atoms with Crippen molar-refractivity contribution in [3.05, 3.63) is 16.7 Å². The lowest BCUT2D eigenvalue weighted by atomic mass is 9.89. The number of ether oxygens (including phenoxy) is 2. The average Bonchev–Trinajstić information content (AvgIpc) is 2.84. The van der Waals surface area contributed by atoms with Crippen LogP contribution in [0, 0.1) is 5.92 Å². The average molecular weight is 495 g/mol. The van der Waals surface area contributed by atoms with Crippen LogP contribution >= 0.6 is 11.6 Å². The molecule has 6 nitrogen and oxygen atoms in total. The van der Waals surface area contributed by atoms with Crippen LogP contribution in [0.3, 0.4) is 0 Å². The number of hydrogen-bond acceptors (Lipinski definition) is 5. The number of carboxylic acids is 1. The van der Waals surface area contributed by atoms with Gasteiger partial charge in [-0.2, -0.15) is 0 Å². The van der Waals surface area contributed by atoms with E-state index in [2.05, 4.69) is 11.8 Å². The molecule has 7 heteroatoms. The predicted octanol–water partition coefficient (Wildman–Crippen LogP) is 6.32. The maximum Gasteiger partial charge on any atom is 0.348 e. The molecule has 0 saturated carbocycles. The molecular formula is C27H43ClN2O4. The first kappa shape index (κ1) is 26.9. The van der Waals surface area contributed by atoms with Crippen molar-refractivity contribution in [2.45, 2.75) is 96.5 Å². The molecule has 0 amide bonds. The summed E-state index contributed by atoms with van der Waals surface area (Å²) in [5.74, 6) is 0.321. The van der Waals surface area contributed by atoms with Gasteiger partial charge in [0, 0.05) is 0 Å². The number of unbranched alkanes of at least 4 members (excludes halogenated alkanes) is 9. The number of rotatable bonds is 14. The van der Waals surface area contributed by atoms with E-state index in [9.17, 15) is 9.90 Å². The summed E-state index contributed by atoms with van der Waals surface area (Å²) in [6, 6.07) is 1.86. The minimum absolute atomic E-state index is 0.0201. The lowest BCUT2D eigenvalue weighted by Crippen LogP contribution is -2.37. The third kappa shape index (κ3) is 7.94. The smallest absolute Gasteiger partial charge is 0.348 e. The highest BCUT2D eigenvalue weighted by Gasteiger charge is 2.32. The van der Waals surface area contributed by atoms with Crippen LogP contribution in [0.4, 0.5) is 5.69 Å². The Morgan fingerprint density at radius 1 is 1.06 bits per heavy atom. The zero-order valence-electron chi connectivity index (χ0n) is 20.8. The fourth-order valence-electron chi connectivity index (χ4n) is 5.10. The topological polar surface area (TPSA) is 85.0 Å². The molecule has 0 aromatic heterocycles. The molecule has 1 saturated heterocycles. The number of nitrogen functional groups attached to an aromatic ring is 1. The molecule has 3 N–H and O–H groups in total. The summed E-state index contributed by atoms with van der Waals surface area (Å²) in [6.45, 7) is 5.72. The SMILES string of the molecule is CCCCCCCCCCCCN1CCC(Cc2cc(Cl)c(N)c3c2OCC(C(=O)O)O3)CC1. The van der Waals surface area contributed by atoms with E-state index in [0.29, 0.717) is 16.7 Å². The maximum atomic E-state index is 11.3. The van der Waals surface area contributed by atoms with E-state index in [1.807, 2.05) is 6.07 Å². The number of carbonyl (C=O) groups is 1. The van der Waals surface area contributed by atoms with Crippen molar-refractivity contribution in [2.75, 3.05) is 32.0 Å². The Balaban J connectivity index is 1.36. The van der Waals surface area contributed by atoms with Gasteiger partial charge < -0.3 is 25.2 Å². The number of hydrogen-bond donors (Lipinski definition) is 2. The maximum absolute atomic E-state index is 11.3. The van der Waals surface area contributed by atoms with E-state index in [4.69, 9.17) is 26.8 Å². The van der Waals surface area contributed by atoms with E-state index in [0.717, 1.165) is 37.9 Å². The van der Waals surface area contributed by atoms with Crippen LogP contribution in [-0.4, -0.2) is 48.3 Å². The minimum Gasteiger partial charge on any atom is -0.485 e. The first-order valence-electron chi connectivity index (χ1n) is 13.3. The van der Waals surface area contributed by atoms with Crippen LogP contribution in [0.1, 0.15) is 89.5 Å². The fraction of sp³-hybridized carbons (Fsp3) is 0.741. The Labute approximate surface area is 210 Å². The number of fused-ring (bicyclic) bond motifs is 1. The van der Waals surface area contributed by atoms with Crippen molar-refractivity contribution in [1.82, 2.24) is 4.90 Å². The molecule has 1 aromatic carbocycles. The molecule has 34 heavy (non-hydrogen) atoms. The number of nitrogens with zero attached hydrogens (tertiary/aromatic N) is 1. The van der Waals surface area contributed by atoms with Gasteiger partial charge in [-0.05, 0) is 62.9 Å². The molecule has 0 aliphatic carbocycles. The molecule has 2 heterocycles. The number of piperidine rings is 1. The Bertz CT molecular complexity index is 780. The largest absolute Gasteiger partial charge is 0.485 e. The lowest BCUT2D eigenvalue weighted by molar-refractivity contribution is -0.147. The molecule has 3 rings (SSSR count). The number of nitrogens with two attached hydrogens (primary N) is 1. The van der Waals surface area contributed by atoms with Gasteiger partial charge in [0.1, 0.15) is 6.61 Å². The number of aliphatic carboxylic acids is 1. The van der Waals surface area contributed by atoms with E-state index < -0.39 is 12.1 Å². The van der Waals surface area contributed by atoms with Gasteiger partial charge in [0.05, 0.1) is 10.7 Å². The predicted molar refractivity (Wildman–Crippen MR) is 138 cm³/mol. The third-order valence-corrected chi connectivity index (χ3v) is 7.57. The quantitative estimate of drug-likeness (QED) is 0.232. The van der Waals surface area contributed by atoms with E-state index in [-0.39, 0.29) is 18.0 Å². The molecule has 2 aliphatic rings. The van der Waals surface area contributed by atoms with Gasteiger partial charge in [-0.3, -0.25) is 0 Å². The molecule has 1 unspecified atom stereocenters. The summed E-state index contributed by atoms with van der Waals surface area (Å²) < 4.78 is 11.4. The van der Waals surface area contributed by atoms with Gasteiger partial charge in [-0.1, -0.05) is 76.3 Å². The van der Waals surface area contributed by atoms with Gasteiger partial charge in [-0.25, -0.2) is 4.79 Å². The van der Waals surface area contributed by atoms with Crippen molar-refractivity contribution in [1.29, 1.82) is 0 Å². The van der Waals surface area contributed by atoms with Crippen LogP contribution in [0.15, 0.2) is 6.07 Å². The Morgan fingerprint density at radius 3 is 2.29 bits per heavy atom. The zero-order chi connectivity index (χ0) is 24.3. The number of anilines is 1. The first-order chi connectivity index (χ1) is 16.5. The third-order valence-electron chi connectivity index (χ3n) is 7.26. The molecule has 2 aliphatic heterocycles. The van der Waals surface area contributed by atoms with Gasteiger partial charge in [0.2, 0.25) is 6.10 Å². The minimum atomic E-state index is -1.07. The summed E-state index contributed by atoms with van der Waals surface area (Å²) in [5.41, 5.74) is 7.27. The molecule has 1 aromatic rings. The van der Waals surface area contributed by atoms with Crippen molar-refractivity contribution in [2.24, 2.45) is 5.92 Å². The van der Waals surface area contributed by atoms with Gasteiger partial charge >= 0.3 is 5.97 Å². The molecule has 0 spiro atoms. The van der Waals surface area contributed by atoms with Crippen molar-refractivity contribution in [3.63, 3.8) is 0 Å². The molecular weight excluding hydrogens is 452 g/mol. The monoisotopic (exact) mass is 494 g/mol. The number of likely N-dealkylation sites (tertiary alicyclic amines) is 1. The highest BCUT2D eigenvalue weighted by atomic mass is 35.5. The van der Waals surface area contributed by atoms with Gasteiger partial charge in [-0.15, -0.1) is 0 Å². The van der Waals surface area contributed by atoms with Crippen molar-refractivity contribution in [3.8, 4) is 11.5 Å². The highest BCUT2D eigenvalue weighted by molar-refractivity contribution is 6.33. The Kier molecular flexibility index (Phi) is 11.1. The van der Waals surface area contributed by atoms with Crippen LogP contribution in [0.2, 0.25) is 5.02 Å². The molecule has 1 atom stereocenters. The summed E-state index contributed by atoms with van der Waals surface area (Å²) in [5, 5.41) is 9.64. The second-order valence-corrected chi connectivity index (χ2v) is 10.4. The fourth-order valence-corrected chi connectivity index (χ4v) is 5.32. The second kappa shape index (κ2) is 14.0. The van der Waals surface area contributed by atoms with Crippen LogP contribution in [0.5, 0.6) is 11.5 Å². The summed E-state index contributed by atoms with van der Waals surface area (Å²) >= 11 is 6.33. The van der Waals surface area contributed by atoms with E-state index in [1.165, 1.54) is 70.8 Å². The first-order valence-corrected chi connectivity index (χ1v) is 13.7. The van der Waals surface area contributed by atoms with E-state index in [1.54, 1.807) is 0 Å². The molecule has 1 fully saturated rings. The lowest BCUT2D eigenvalue weighted by Gasteiger charge is -2.33. The summed E-state index contributed by atoms with van der Waals surface area (Å²) in [4.78, 5) is 13.9. The van der Waals surface area contributed by atoms with Crippen LogP contribution in [0.25, 0.3) is 0 Å². The van der Waals surface area contributed by atoms with Crippen LogP contribution < -0.4 is 15.2 Å². The number of benzene rings is 1. The molecule has 0 radical (unpaired) electrons. The van der Waals surface area contributed by atoms with E-state index >= 15 is 0 Å². The van der Waals surface area contributed by atoms with Crippen LogP contribution in [-0.2, 0) is 11.2 Å². The van der Waals surface area contributed by atoms with Gasteiger partial charge in [0.15, 0.2) is 11.5 Å². The normalized spacial score (nSPS) is 18.8. The molecule has 0 bridgehead atoms. The van der Waals surface area contributed by atoms with Crippen molar-refractivity contribution >= 4 is 23.3 Å². The highest BCUT2D eigenvalue weighted by Crippen LogP contribution is 2.45. The summed E-state index contributed by atoms with van der Waals surface area (Å²) in [7, 11) is 0. The Hall–Kier alpha value is -1.66. The summed E-state index contributed by atoms with van der Waals surface area (Å²) in [6.07, 6.45) is 15.8. The van der Waals surface area contributed by atoms with Crippen molar-refractivity contribution < 1.29 is 19.4 Å². The Morgan fingerprint density at radius 2 is 1.68 bits per heavy atom. The number of halogens is 1. The molecule has 192 valence electrons. The van der Waals surface area contributed by atoms with Gasteiger partial charge in [0.25, 0.3) is 0 Å².